The Morgan fingerprint density at radius 3 is 2.61 bits per heavy atom. The first kappa shape index (κ1) is 22.6. The molecule has 0 aromatic heterocycles. The lowest BCUT2D eigenvalue weighted by molar-refractivity contribution is -0.119. The molecule has 0 bridgehead atoms. The summed E-state index contributed by atoms with van der Waals surface area (Å²) >= 11 is 0. The van der Waals surface area contributed by atoms with Gasteiger partial charge in [-0.15, -0.1) is 0 Å². The van der Waals surface area contributed by atoms with Crippen LogP contribution in [0, 0.1) is 6.92 Å². The Morgan fingerprint density at radius 2 is 1.84 bits per heavy atom. The molecule has 1 unspecified atom stereocenters. The smallest absolute Gasteiger partial charge is 0.342 e. The van der Waals surface area contributed by atoms with E-state index in [0.717, 1.165) is 12.0 Å². The number of rotatable bonds is 3. The Bertz CT molecular complexity index is 943. The minimum Gasteiger partial charge on any atom is -0.507 e. The van der Waals surface area contributed by atoms with Crippen molar-refractivity contribution in [2.75, 3.05) is 0 Å². The number of hydrogen-bond acceptors (Lipinski definition) is 5. The normalized spacial score (nSPS) is 18.1. The molecule has 0 radical (unpaired) electrons. The van der Waals surface area contributed by atoms with Crippen LogP contribution in [0.4, 0.5) is 0 Å². The molecule has 164 valence electrons. The van der Waals surface area contributed by atoms with E-state index in [2.05, 4.69) is 0 Å². The number of aryl methyl sites for hydroxylation is 1. The number of esters is 1. The summed E-state index contributed by atoms with van der Waals surface area (Å²) in [6.07, 6.45) is 7.21. The molecule has 1 aliphatic heterocycles. The molecule has 3 rings (SSSR count). The van der Waals surface area contributed by atoms with E-state index in [-0.39, 0.29) is 23.2 Å². The summed E-state index contributed by atoms with van der Waals surface area (Å²) in [5.41, 5.74) is 2.87. The lowest BCUT2D eigenvalue weighted by Crippen LogP contribution is -2.17. The number of Topliss-reactive ketones (excluding diaryl/α,β-unsaturated/α-hetero) is 1. The predicted molar refractivity (Wildman–Crippen MR) is 120 cm³/mol. The van der Waals surface area contributed by atoms with Gasteiger partial charge in [-0.25, -0.2) is 4.79 Å². The van der Waals surface area contributed by atoms with Crippen molar-refractivity contribution in [1.29, 1.82) is 0 Å². The molecule has 0 fully saturated rings. The van der Waals surface area contributed by atoms with E-state index in [0.29, 0.717) is 50.0 Å². The Kier molecular flexibility index (Phi) is 7.88. The van der Waals surface area contributed by atoms with Crippen LogP contribution in [0.2, 0.25) is 0 Å². The van der Waals surface area contributed by atoms with Crippen LogP contribution in [0.5, 0.6) is 11.5 Å². The Labute approximate surface area is 183 Å². The van der Waals surface area contributed by atoms with Crippen LogP contribution in [0.15, 0.2) is 42.5 Å². The van der Waals surface area contributed by atoms with Crippen LogP contribution < -0.4 is 4.74 Å². The van der Waals surface area contributed by atoms with E-state index in [1.807, 2.05) is 37.3 Å². The number of carbonyl (C=O) groups is 2. The second-order valence-corrected chi connectivity index (χ2v) is 8.12. The van der Waals surface area contributed by atoms with Crippen LogP contribution in [0.1, 0.15) is 72.5 Å². The quantitative estimate of drug-likeness (QED) is 0.637. The Balaban J connectivity index is 1.84. The zero-order valence-electron chi connectivity index (χ0n) is 18.2. The summed E-state index contributed by atoms with van der Waals surface area (Å²) in [4.78, 5) is 24.7. The summed E-state index contributed by atoms with van der Waals surface area (Å²) < 4.78 is 11.4. The van der Waals surface area contributed by atoms with Crippen molar-refractivity contribution >= 4 is 17.8 Å². The summed E-state index contributed by atoms with van der Waals surface area (Å²) in [5, 5.41) is 10.6. The number of carbonyl (C=O) groups excluding carboxylic acids is 2. The molecule has 1 N–H and O–H groups in total. The van der Waals surface area contributed by atoms with Gasteiger partial charge in [0.2, 0.25) is 0 Å². The minimum atomic E-state index is -0.571. The van der Waals surface area contributed by atoms with E-state index >= 15 is 0 Å². The lowest BCUT2D eigenvalue weighted by Gasteiger charge is -2.16. The molecule has 5 nitrogen and oxygen atoms in total. The van der Waals surface area contributed by atoms with E-state index in [4.69, 9.17) is 9.47 Å². The van der Waals surface area contributed by atoms with Crippen molar-refractivity contribution in [3.8, 4) is 11.5 Å². The van der Waals surface area contributed by atoms with Gasteiger partial charge in [-0.05, 0) is 56.7 Å². The van der Waals surface area contributed by atoms with Gasteiger partial charge < -0.3 is 14.6 Å². The van der Waals surface area contributed by atoms with Crippen LogP contribution in [0.25, 0.3) is 6.08 Å². The highest BCUT2D eigenvalue weighted by molar-refractivity contribution is 5.97. The predicted octanol–water partition coefficient (Wildman–Crippen LogP) is 5.76. The molecule has 0 aliphatic carbocycles. The number of ether oxygens (including phenoxy) is 2. The van der Waals surface area contributed by atoms with Gasteiger partial charge in [-0.1, -0.05) is 42.0 Å². The number of hydrogen-bond donors (Lipinski definition) is 1. The Morgan fingerprint density at radius 1 is 1.10 bits per heavy atom. The fourth-order valence-corrected chi connectivity index (χ4v) is 3.55. The first-order valence-electron chi connectivity index (χ1n) is 10.9. The number of benzene rings is 2. The number of cyclic esters (lactones) is 1. The average molecular weight is 423 g/mol. The lowest BCUT2D eigenvalue weighted by atomic mass is 10.0. The van der Waals surface area contributed by atoms with Crippen LogP contribution >= 0.6 is 0 Å². The van der Waals surface area contributed by atoms with Crippen LogP contribution in [-0.4, -0.2) is 23.0 Å². The molecule has 0 saturated heterocycles. The molecule has 0 amide bonds. The first-order chi connectivity index (χ1) is 14.9. The second kappa shape index (κ2) is 10.8. The van der Waals surface area contributed by atoms with Gasteiger partial charge in [0.15, 0.2) is 0 Å². The van der Waals surface area contributed by atoms with E-state index in [1.165, 1.54) is 11.6 Å². The van der Waals surface area contributed by atoms with Gasteiger partial charge in [-0.2, -0.15) is 0 Å². The molecule has 1 atom stereocenters. The molecular formula is C26H30O5. The third kappa shape index (κ3) is 6.71. The van der Waals surface area contributed by atoms with Crippen molar-refractivity contribution in [2.24, 2.45) is 0 Å². The second-order valence-electron chi connectivity index (χ2n) is 8.12. The molecule has 0 saturated carbocycles. The average Bonchev–Trinajstić information content (AvgIpc) is 2.72. The van der Waals surface area contributed by atoms with Crippen molar-refractivity contribution in [1.82, 2.24) is 0 Å². The number of phenolic OH excluding ortho intramolecular Hbond substituents is 1. The number of phenols is 1. The zero-order chi connectivity index (χ0) is 22.2. The highest BCUT2D eigenvalue weighted by Crippen LogP contribution is 2.31. The van der Waals surface area contributed by atoms with Gasteiger partial charge in [0.05, 0.1) is 6.10 Å². The molecular weight excluding hydrogens is 392 g/mol. The molecule has 0 spiro atoms. The maximum absolute atomic E-state index is 12.8. The molecule has 5 heteroatoms. The molecule has 2 aromatic carbocycles. The third-order valence-electron chi connectivity index (χ3n) is 5.35. The number of allylic oxidation sites excluding steroid dienone is 1. The van der Waals surface area contributed by atoms with Gasteiger partial charge in [0, 0.05) is 18.9 Å². The fraction of sp³-hybridized carbons (Fsp3) is 0.385. The minimum absolute atomic E-state index is 0.138. The summed E-state index contributed by atoms with van der Waals surface area (Å²) in [6, 6.07) is 11.2. The van der Waals surface area contributed by atoms with Gasteiger partial charge >= 0.3 is 5.97 Å². The molecule has 1 heterocycles. The maximum Gasteiger partial charge on any atom is 0.342 e. The van der Waals surface area contributed by atoms with E-state index in [9.17, 15) is 14.7 Å². The number of ketones is 1. The highest BCUT2D eigenvalue weighted by atomic mass is 16.5. The highest BCUT2D eigenvalue weighted by Gasteiger charge is 2.21. The standard InChI is InChI=1S/C26H30O5/c1-18-11-13-20(14-12-18)17-30-23-15-21-8-4-3-5-9-22(27)10-6-7-19(2)31-26(29)25(21)24(28)16-23/h4,8,11-16,19,28H,3,5-7,9-10,17H2,1-2H3. The molecule has 2 aromatic rings. The summed E-state index contributed by atoms with van der Waals surface area (Å²) in [5.74, 6) is -0.0221. The van der Waals surface area contributed by atoms with Crippen molar-refractivity contribution in [3.63, 3.8) is 0 Å². The van der Waals surface area contributed by atoms with E-state index < -0.39 is 5.97 Å². The molecule has 31 heavy (non-hydrogen) atoms. The maximum atomic E-state index is 12.8. The van der Waals surface area contributed by atoms with Gasteiger partial charge in [0.1, 0.15) is 29.5 Å². The topological polar surface area (TPSA) is 72.8 Å². The van der Waals surface area contributed by atoms with Crippen LogP contribution in [-0.2, 0) is 16.1 Å². The largest absolute Gasteiger partial charge is 0.507 e. The van der Waals surface area contributed by atoms with Crippen molar-refractivity contribution in [3.05, 3.63) is 64.7 Å². The summed E-state index contributed by atoms with van der Waals surface area (Å²) in [7, 11) is 0. The fourth-order valence-electron chi connectivity index (χ4n) is 3.55. The number of aromatic hydroxyl groups is 1. The SMILES string of the molecule is Cc1ccc(COc2cc(O)c3c(c2)C=CCCCC(=O)CCCC(C)OC3=O)cc1. The third-order valence-corrected chi connectivity index (χ3v) is 5.35. The summed E-state index contributed by atoms with van der Waals surface area (Å²) in [6.45, 7) is 4.18. The van der Waals surface area contributed by atoms with Crippen LogP contribution in [0.3, 0.4) is 0 Å². The monoisotopic (exact) mass is 422 g/mol. The van der Waals surface area contributed by atoms with Gasteiger partial charge in [0.25, 0.3) is 0 Å². The van der Waals surface area contributed by atoms with E-state index in [1.54, 1.807) is 19.1 Å². The molecule has 1 aliphatic rings. The Hall–Kier alpha value is -3.08. The van der Waals surface area contributed by atoms with Gasteiger partial charge in [-0.3, -0.25) is 4.79 Å². The first-order valence-corrected chi connectivity index (χ1v) is 10.9. The van der Waals surface area contributed by atoms with Crippen molar-refractivity contribution < 1.29 is 24.2 Å². The zero-order valence-corrected chi connectivity index (χ0v) is 18.2. The van der Waals surface area contributed by atoms with Crippen molar-refractivity contribution in [2.45, 2.75) is 65.1 Å². The number of fused-ring (bicyclic) bond motifs is 1.